The Morgan fingerprint density at radius 3 is 0.730 bits per heavy atom. The van der Waals surface area contributed by atoms with Crippen LogP contribution in [0.1, 0.15) is 224 Å². The molecule has 12 aromatic rings. The van der Waals surface area contributed by atoms with Gasteiger partial charge in [-0.25, -0.2) is 15.0 Å². The third-order valence-electron chi connectivity index (χ3n) is 21.1. The molecule has 6 heteroatoms. The van der Waals surface area contributed by atoms with Gasteiger partial charge in [0.2, 0.25) is 0 Å². The van der Waals surface area contributed by atoms with Gasteiger partial charge in [0.1, 0.15) is 17.5 Å². The highest BCUT2D eigenvalue weighted by Crippen LogP contribution is 2.43. The molecule has 0 unspecified atom stereocenters. The molecule has 0 N–H and O–H groups in total. The van der Waals surface area contributed by atoms with Crippen LogP contribution in [0.4, 0.5) is 0 Å². The minimum absolute atomic E-state index is 0.329. The molecule has 0 amide bonds. The Morgan fingerprint density at radius 1 is 0.280 bits per heavy atom. The molecule has 0 bridgehead atoms. The number of aryl methyl sites for hydroxylation is 6. The molecule has 0 atom stereocenters. The van der Waals surface area contributed by atoms with Crippen molar-refractivity contribution in [3.05, 3.63) is 286 Å². The molecular weight excluding hydrogens is 1210 g/mol. The van der Waals surface area contributed by atoms with Gasteiger partial charge in [0, 0.05) is 53.9 Å². The molecule has 0 aliphatic heterocycles. The van der Waals surface area contributed by atoms with Gasteiger partial charge < -0.3 is 0 Å². The lowest BCUT2D eigenvalue weighted by Gasteiger charge is -2.24. The van der Waals surface area contributed by atoms with E-state index >= 15 is 0 Å². The van der Waals surface area contributed by atoms with Gasteiger partial charge in [-0.3, -0.25) is 13.7 Å². The summed E-state index contributed by atoms with van der Waals surface area (Å²) >= 11 is 0. The van der Waals surface area contributed by atoms with Crippen LogP contribution in [-0.2, 0) is 19.3 Å². The van der Waals surface area contributed by atoms with Gasteiger partial charge in [0.25, 0.3) is 0 Å². The lowest BCUT2D eigenvalue weighted by Crippen LogP contribution is -2.09. The zero-order chi connectivity index (χ0) is 70.3. The highest BCUT2D eigenvalue weighted by Gasteiger charge is 2.26. The first kappa shape index (κ1) is 70.5. The first-order valence-corrected chi connectivity index (χ1v) is 37.4. The molecule has 0 aliphatic rings. The van der Waals surface area contributed by atoms with Crippen LogP contribution < -0.4 is 0 Å². The van der Waals surface area contributed by atoms with Gasteiger partial charge in [0.15, 0.2) is 0 Å². The molecule has 6 nitrogen and oxygen atoms in total. The van der Waals surface area contributed by atoms with Crippen molar-refractivity contribution in [2.75, 3.05) is 0 Å². The van der Waals surface area contributed by atoms with Crippen molar-refractivity contribution in [1.29, 1.82) is 0 Å². The van der Waals surface area contributed by atoms with Crippen molar-refractivity contribution in [3.63, 3.8) is 0 Å². The zero-order valence-corrected chi connectivity index (χ0v) is 62.4. The maximum atomic E-state index is 5.05. The zero-order valence-electron chi connectivity index (χ0n) is 62.4. The fourth-order valence-corrected chi connectivity index (χ4v) is 15.4. The van der Waals surface area contributed by atoms with Gasteiger partial charge in [-0.2, -0.15) is 0 Å². The van der Waals surface area contributed by atoms with Gasteiger partial charge >= 0.3 is 0 Å². The molecule has 12 rings (SSSR count). The van der Waals surface area contributed by atoms with E-state index in [-0.39, 0.29) is 0 Å². The van der Waals surface area contributed by atoms with Crippen molar-refractivity contribution in [3.8, 4) is 84.6 Å². The Labute approximate surface area is 598 Å². The van der Waals surface area contributed by atoms with Crippen molar-refractivity contribution in [1.82, 2.24) is 28.7 Å². The lowest BCUT2D eigenvalue weighted by atomic mass is 9.87. The number of aromatic nitrogens is 6. The Morgan fingerprint density at radius 2 is 0.510 bits per heavy atom. The number of rotatable bonds is 27. The maximum absolute atomic E-state index is 5.05. The third-order valence-corrected chi connectivity index (χ3v) is 21.1. The minimum Gasteiger partial charge on any atom is -0.299 e. The number of hydrogen-bond acceptors (Lipinski definition) is 3. The van der Waals surface area contributed by atoms with Crippen molar-refractivity contribution < 1.29 is 0 Å². The molecule has 0 spiro atoms. The van der Waals surface area contributed by atoms with E-state index in [9.17, 15) is 0 Å². The van der Waals surface area contributed by atoms with E-state index in [1.807, 2.05) is 18.6 Å². The normalized spacial score (nSPS) is 11.9. The molecule has 0 fully saturated rings. The molecule has 0 saturated heterocycles. The molecule has 3 heterocycles. The maximum Gasteiger partial charge on any atom is 0.144 e. The van der Waals surface area contributed by atoms with Gasteiger partial charge in [0.05, 0.1) is 17.1 Å². The van der Waals surface area contributed by atoms with Crippen molar-refractivity contribution in [2.24, 2.45) is 5.92 Å². The average Bonchev–Trinajstić information content (AvgIpc) is 1.27. The summed E-state index contributed by atoms with van der Waals surface area (Å²) in [7, 11) is 0. The number of imidazole rings is 3. The second-order valence-electron chi connectivity index (χ2n) is 30.4. The van der Waals surface area contributed by atoms with Crippen LogP contribution in [0, 0.1) is 26.7 Å². The van der Waals surface area contributed by atoms with E-state index in [1.165, 1.54) is 136 Å². The second kappa shape index (κ2) is 31.4. The summed E-state index contributed by atoms with van der Waals surface area (Å²) in [4.78, 5) is 15.1. The summed E-state index contributed by atoms with van der Waals surface area (Å²) in [5, 5.41) is 0. The summed E-state index contributed by atoms with van der Waals surface area (Å²) in [6, 6.07) is 68.8. The molecule has 0 saturated carbocycles. The van der Waals surface area contributed by atoms with E-state index in [0.29, 0.717) is 41.4 Å². The van der Waals surface area contributed by atoms with Crippen molar-refractivity contribution >= 4 is 0 Å². The monoisotopic (exact) mass is 1320 g/mol. The van der Waals surface area contributed by atoms with E-state index in [2.05, 4.69) is 318 Å². The van der Waals surface area contributed by atoms with Gasteiger partial charge in [-0.05, 0) is 237 Å². The fraction of sp³-hybridized carbons (Fsp3) is 0.330. The van der Waals surface area contributed by atoms with Crippen LogP contribution in [0.5, 0.6) is 0 Å². The van der Waals surface area contributed by atoms with E-state index in [4.69, 9.17) is 15.0 Å². The Balaban J connectivity index is 0.758. The smallest absolute Gasteiger partial charge is 0.144 e. The Bertz CT molecular complexity index is 4170. The summed E-state index contributed by atoms with van der Waals surface area (Å²) < 4.78 is 7.07. The molecule has 0 radical (unpaired) electrons. The van der Waals surface area contributed by atoms with Crippen molar-refractivity contribution in [2.45, 2.75) is 197 Å². The minimum atomic E-state index is 0.329. The second-order valence-corrected chi connectivity index (χ2v) is 30.4. The standard InChI is InChI=1S/C94H106N6/c1-61(2)83-55-77(80-34-19-16-25-67(80)13)56-84(62(3)4)89(83)98-52-49-95-92(98)74-43-37-71(38-44-74)31-22-28-70(29-23-32-72-39-45-75(46-40-72)93-96-50-53-99(93)90-85(63(5)6)57-78(58-86(90)64(7)8)81-35-20-17-26-68(81)14)30-24-33-73-41-47-76(48-42-73)94-97-51-54-100(94)91-87(65(9)10)59-79(60-88(91)66(11)12)82-36-21-18-27-69(82)15/h16-21,25-27,34-66,70H,22-24,28-33H2,1-15H3. The SMILES string of the molecule is Cc1ccccc1-c1cc(C(C)C)c(-n2ccnc2-c2ccc(CCCC(CCCc3ccc(-c4nccn4-c4c(C(C)C)cc(-c5ccccc5C)cc4C(C)C)cc3)CCCc3ccc(-c4nccn4-c4c(C(C)C)cc(-c5ccccc5C)cc4C(C)C)cc3)cc2)c(C(C)C)c1. The number of benzene rings is 9. The largest absolute Gasteiger partial charge is 0.299 e. The molecule has 100 heavy (non-hydrogen) atoms. The van der Waals surface area contributed by atoms with Gasteiger partial charge in [-0.1, -0.05) is 248 Å². The molecule has 3 aromatic heterocycles. The Kier molecular flexibility index (Phi) is 22.2. The third kappa shape index (κ3) is 15.5. The molecule has 512 valence electrons. The highest BCUT2D eigenvalue weighted by molar-refractivity contribution is 5.77. The molecule has 9 aromatic carbocycles. The summed E-state index contributed by atoms with van der Waals surface area (Å²) in [5.74, 6) is 5.56. The molecular formula is C94H106N6. The highest BCUT2D eigenvalue weighted by atomic mass is 15.1. The topological polar surface area (TPSA) is 53.5 Å². The predicted octanol–water partition coefficient (Wildman–Crippen LogP) is 25.9. The summed E-state index contributed by atoms with van der Waals surface area (Å²) in [6.45, 7) is 34.5. The van der Waals surface area contributed by atoms with Crippen LogP contribution in [0.25, 0.3) is 84.6 Å². The average molecular weight is 1320 g/mol. The predicted molar refractivity (Wildman–Crippen MR) is 424 cm³/mol. The lowest BCUT2D eigenvalue weighted by molar-refractivity contribution is 0.387. The Hall–Kier alpha value is -9.39. The molecule has 0 aliphatic carbocycles. The number of hydrogen-bond donors (Lipinski definition) is 0. The van der Waals surface area contributed by atoms with Gasteiger partial charge in [-0.15, -0.1) is 0 Å². The quantitative estimate of drug-likeness (QED) is 0.0516. The number of nitrogens with zero attached hydrogens (tertiary/aromatic N) is 6. The van der Waals surface area contributed by atoms with Crippen LogP contribution in [-0.4, -0.2) is 28.7 Å². The van der Waals surface area contributed by atoms with E-state index < -0.39 is 0 Å². The van der Waals surface area contributed by atoms with Crippen LogP contribution >= 0.6 is 0 Å². The van der Waals surface area contributed by atoms with E-state index in [1.54, 1.807) is 0 Å². The first-order chi connectivity index (χ1) is 48.3. The summed E-state index contributed by atoms with van der Waals surface area (Å²) in [5.41, 5.74) is 31.1. The van der Waals surface area contributed by atoms with Crippen LogP contribution in [0.2, 0.25) is 0 Å². The summed E-state index contributed by atoms with van der Waals surface area (Å²) in [6.07, 6.45) is 22.6. The van der Waals surface area contributed by atoms with Crippen LogP contribution in [0.3, 0.4) is 0 Å². The fourth-order valence-electron chi connectivity index (χ4n) is 15.4. The van der Waals surface area contributed by atoms with Crippen LogP contribution in [0.15, 0.2) is 219 Å². The van der Waals surface area contributed by atoms with E-state index in [0.717, 1.165) is 72.7 Å². The first-order valence-electron chi connectivity index (χ1n) is 37.4.